The number of pyridine rings is 1. The van der Waals surface area contributed by atoms with Crippen molar-refractivity contribution in [3.8, 4) is 0 Å². The summed E-state index contributed by atoms with van der Waals surface area (Å²) in [5, 5.41) is 3.01. The van der Waals surface area contributed by atoms with Crippen LogP contribution >= 0.6 is 0 Å². The van der Waals surface area contributed by atoms with E-state index in [1.165, 1.54) is 0 Å². The quantitative estimate of drug-likeness (QED) is 0.746. The van der Waals surface area contributed by atoms with Crippen molar-refractivity contribution >= 4 is 5.91 Å². The highest BCUT2D eigenvalue weighted by Crippen LogP contribution is 2.05. The molecular formula is C14H24N4O. The van der Waals surface area contributed by atoms with Crippen LogP contribution in [0.1, 0.15) is 12.0 Å². The lowest BCUT2D eigenvalue weighted by Crippen LogP contribution is -2.37. The lowest BCUT2D eigenvalue weighted by atomic mass is 10.2. The van der Waals surface area contributed by atoms with Crippen molar-refractivity contribution in [2.75, 3.05) is 40.8 Å². The molecule has 19 heavy (non-hydrogen) atoms. The molecule has 0 spiro atoms. The number of likely N-dealkylation sites (N-methyl/N-ethyl adjacent to an activating group) is 1. The molecule has 0 atom stereocenters. The number of nitrogens with zero attached hydrogens (tertiary/aromatic N) is 3. The van der Waals surface area contributed by atoms with Gasteiger partial charge in [0.25, 0.3) is 0 Å². The van der Waals surface area contributed by atoms with E-state index in [4.69, 9.17) is 0 Å². The normalized spacial score (nSPS) is 10.7. The van der Waals surface area contributed by atoms with E-state index in [2.05, 4.69) is 15.2 Å². The van der Waals surface area contributed by atoms with Crippen molar-refractivity contribution in [2.45, 2.75) is 13.0 Å². The van der Waals surface area contributed by atoms with Crippen molar-refractivity contribution in [1.82, 2.24) is 20.1 Å². The SMILES string of the molecule is CNCCC(=O)N(CCN(C)C)Cc1cccnc1. The Morgan fingerprint density at radius 1 is 1.37 bits per heavy atom. The second kappa shape index (κ2) is 8.61. The lowest BCUT2D eigenvalue weighted by Gasteiger charge is -2.24. The molecule has 0 aromatic carbocycles. The van der Waals surface area contributed by atoms with Crippen LogP contribution in [-0.4, -0.2) is 61.5 Å². The van der Waals surface area contributed by atoms with Gasteiger partial charge < -0.3 is 15.1 Å². The van der Waals surface area contributed by atoms with Gasteiger partial charge in [-0.05, 0) is 32.8 Å². The third kappa shape index (κ3) is 6.31. The van der Waals surface area contributed by atoms with Crippen LogP contribution in [0, 0.1) is 0 Å². The van der Waals surface area contributed by atoms with Crippen molar-refractivity contribution in [2.24, 2.45) is 0 Å². The molecule has 0 aliphatic rings. The van der Waals surface area contributed by atoms with Gasteiger partial charge in [-0.25, -0.2) is 0 Å². The zero-order valence-electron chi connectivity index (χ0n) is 12.1. The number of hydrogen-bond donors (Lipinski definition) is 1. The lowest BCUT2D eigenvalue weighted by molar-refractivity contribution is -0.131. The molecule has 1 amide bonds. The van der Waals surface area contributed by atoms with E-state index in [9.17, 15) is 4.79 Å². The summed E-state index contributed by atoms with van der Waals surface area (Å²) in [6, 6.07) is 3.90. The summed E-state index contributed by atoms with van der Waals surface area (Å²) < 4.78 is 0. The maximum Gasteiger partial charge on any atom is 0.224 e. The molecule has 0 aliphatic carbocycles. The predicted molar refractivity (Wildman–Crippen MR) is 76.8 cm³/mol. The molecule has 0 saturated heterocycles. The smallest absolute Gasteiger partial charge is 0.224 e. The Hall–Kier alpha value is -1.46. The minimum atomic E-state index is 0.181. The fourth-order valence-corrected chi connectivity index (χ4v) is 1.71. The van der Waals surface area contributed by atoms with Gasteiger partial charge in [-0.2, -0.15) is 0 Å². The number of rotatable bonds is 8. The van der Waals surface area contributed by atoms with Crippen LogP contribution in [0.15, 0.2) is 24.5 Å². The molecule has 106 valence electrons. The molecule has 1 rings (SSSR count). The summed E-state index contributed by atoms with van der Waals surface area (Å²) in [5.41, 5.74) is 1.07. The molecule has 0 saturated carbocycles. The van der Waals surface area contributed by atoms with E-state index >= 15 is 0 Å². The van der Waals surface area contributed by atoms with Crippen molar-refractivity contribution in [3.05, 3.63) is 30.1 Å². The topological polar surface area (TPSA) is 48.5 Å². The Morgan fingerprint density at radius 2 is 2.16 bits per heavy atom. The molecule has 1 heterocycles. The standard InChI is InChI=1S/C14H24N4O/c1-15-8-6-14(19)18(10-9-17(2)3)12-13-5-4-7-16-11-13/h4-5,7,11,15H,6,8-10,12H2,1-3H3. The van der Waals surface area contributed by atoms with Crippen LogP contribution in [-0.2, 0) is 11.3 Å². The first-order valence-electron chi connectivity index (χ1n) is 6.59. The molecule has 1 aromatic heterocycles. The molecule has 0 fully saturated rings. The first-order chi connectivity index (χ1) is 9.13. The van der Waals surface area contributed by atoms with E-state index in [0.29, 0.717) is 19.5 Å². The molecule has 0 bridgehead atoms. The summed E-state index contributed by atoms with van der Waals surface area (Å²) in [4.78, 5) is 20.2. The average Bonchev–Trinajstić information content (AvgIpc) is 2.41. The van der Waals surface area contributed by atoms with Gasteiger partial charge in [0.1, 0.15) is 0 Å². The van der Waals surface area contributed by atoms with Gasteiger partial charge in [-0.15, -0.1) is 0 Å². The summed E-state index contributed by atoms with van der Waals surface area (Å²) in [7, 11) is 5.89. The van der Waals surface area contributed by atoms with Crippen LogP contribution < -0.4 is 5.32 Å². The number of carbonyl (C=O) groups excluding carboxylic acids is 1. The number of hydrogen-bond acceptors (Lipinski definition) is 4. The molecule has 0 unspecified atom stereocenters. The second-order valence-electron chi connectivity index (χ2n) is 4.83. The summed E-state index contributed by atoms with van der Waals surface area (Å²) >= 11 is 0. The molecule has 1 aromatic rings. The fraction of sp³-hybridized carbons (Fsp3) is 0.571. The van der Waals surface area contributed by atoms with Gasteiger partial charge in [-0.3, -0.25) is 9.78 Å². The maximum atomic E-state index is 12.2. The molecule has 0 radical (unpaired) electrons. The van der Waals surface area contributed by atoms with Crippen LogP contribution in [0.25, 0.3) is 0 Å². The third-order valence-corrected chi connectivity index (χ3v) is 2.85. The molecule has 1 N–H and O–H groups in total. The van der Waals surface area contributed by atoms with Gasteiger partial charge in [0, 0.05) is 45.0 Å². The highest BCUT2D eigenvalue weighted by molar-refractivity contribution is 5.76. The predicted octanol–water partition coefficient (Wildman–Crippen LogP) is 0.581. The van der Waals surface area contributed by atoms with Gasteiger partial charge >= 0.3 is 0 Å². The largest absolute Gasteiger partial charge is 0.337 e. The van der Waals surface area contributed by atoms with Crippen molar-refractivity contribution in [1.29, 1.82) is 0 Å². The van der Waals surface area contributed by atoms with E-state index in [1.807, 2.05) is 44.4 Å². The van der Waals surface area contributed by atoms with Crippen LogP contribution in [0.3, 0.4) is 0 Å². The summed E-state index contributed by atoms with van der Waals surface area (Å²) in [6.45, 7) is 2.95. The van der Waals surface area contributed by atoms with Gasteiger partial charge in [0.15, 0.2) is 0 Å². The Kier molecular flexibility index (Phi) is 7.07. The highest BCUT2D eigenvalue weighted by atomic mass is 16.2. The van der Waals surface area contributed by atoms with Crippen LogP contribution in [0.5, 0.6) is 0 Å². The zero-order valence-corrected chi connectivity index (χ0v) is 12.1. The van der Waals surface area contributed by atoms with Crippen LogP contribution in [0.2, 0.25) is 0 Å². The first-order valence-corrected chi connectivity index (χ1v) is 6.59. The monoisotopic (exact) mass is 264 g/mol. The number of amides is 1. The average molecular weight is 264 g/mol. The summed E-state index contributed by atoms with van der Waals surface area (Å²) in [6.07, 6.45) is 4.09. The fourth-order valence-electron chi connectivity index (χ4n) is 1.71. The Balaban J connectivity index is 2.60. The molecule has 5 heteroatoms. The molecule has 5 nitrogen and oxygen atoms in total. The van der Waals surface area contributed by atoms with E-state index in [1.54, 1.807) is 6.20 Å². The minimum absolute atomic E-state index is 0.181. The Labute approximate surface area is 115 Å². The maximum absolute atomic E-state index is 12.2. The zero-order chi connectivity index (χ0) is 14.1. The minimum Gasteiger partial charge on any atom is -0.337 e. The number of aromatic nitrogens is 1. The summed E-state index contributed by atoms with van der Waals surface area (Å²) in [5.74, 6) is 0.181. The Bertz CT molecular complexity index is 367. The second-order valence-corrected chi connectivity index (χ2v) is 4.83. The first kappa shape index (κ1) is 15.6. The molecule has 0 aliphatic heterocycles. The van der Waals surface area contributed by atoms with E-state index in [0.717, 1.165) is 18.7 Å². The van der Waals surface area contributed by atoms with Gasteiger partial charge in [0.2, 0.25) is 5.91 Å². The van der Waals surface area contributed by atoms with Crippen molar-refractivity contribution in [3.63, 3.8) is 0 Å². The molecular weight excluding hydrogens is 240 g/mol. The van der Waals surface area contributed by atoms with Crippen molar-refractivity contribution < 1.29 is 4.79 Å². The Morgan fingerprint density at radius 3 is 2.74 bits per heavy atom. The number of nitrogens with one attached hydrogen (secondary N) is 1. The van der Waals surface area contributed by atoms with E-state index in [-0.39, 0.29) is 5.91 Å². The van der Waals surface area contributed by atoms with E-state index < -0.39 is 0 Å². The third-order valence-electron chi connectivity index (χ3n) is 2.85. The number of carbonyl (C=O) groups is 1. The highest BCUT2D eigenvalue weighted by Gasteiger charge is 2.13. The van der Waals surface area contributed by atoms with Crippen LogP contribution in [0.4, 0.5) is 0 Å². The van der Waals surface area contributed by atoms with Gasteiger partial charge in [-0.1, -0.05) is 6.07 Å². The van der Waals surface area contributed by atoms with Gasteiger partial charge in [0.05, 0.1) is 0 Å².